The number of aryl methyl sites for hydroxylation is 1. The highest BCUT2D eigenvalue weighted by Crippen LogP contribution is 2.43. The van der Waals surface area contributed by atoms with Crippen molar-refractivity contribution in [2.24, 2.45) is 0 Å². The van der Waals surface area contributed by atoms with Gasteiger partial charge in [-0.3, -0.25) is 4.98 Å². The van der Waals surface area contributed by atoms with E-state index in [1.165, 1.54) is 17.0 Å². The Morgan fingerprint density at radius 2 is 1.66 bits per heavy atom. The summed E-state index contributed by atoms with van der Waals surface area (Å²) in [5, 5.41) is 4.26. The Morgan fingerprint density at radius 3 is 2.38 bits per heavy atom. The summed E-state index contributed by atoms with van der Waals surface area (Å²) in [4.78, 5) is 6.89. The lowest BCUT2D eigenvalue weighted by Crippen LogP contribution is -2.29. The number of anilines is 1. The number of halogens is 1. The van der Waals surface area contributed by atoms with Crippen molar-refractivity contribution in [2.45, 2.75) is 25.9 Å². The van der Waals surface area contributed by atoms with Gasteiger partial charge in [-0.05, 0) is 80.2 Å². The zero-order valence-corrected chi connectivity index (χ0v) is 20.3. The molecule has 0 saturated carbocycles. The van der Waals surface area contributed by atoms with E-state index in [0.29, 0.717) is 5.11 Å². The molecular weight excluding hydrogens is 480 g/mol. The van der Waals surface area contributed by atoms with Gasteiger partial charge in [0.25, 0.3) is 0 Å². The number of aromatic nitrogens is 2. The van der Waals surface area contributed by atoms with Gasteiger partial charge in [0.15, 0.2) is 5.11 Å². The first-order chi connectivity index (χ1) is 15.5. The fourth-order valence-electron chi connectivity index (χ4n) is 4.64. The van der Waals surface area contributed by atoms with Crippen molar-refractivity contribution in [3.63, 3.8) is 0 Å². The average molecular weight is 503 g/mol. The van der Waals surface area contributed by atoms with Gasteiger partial charge in [-0.1, -0.05) is 46.3 Å². The summed E-state index contributed by atoms with van der Waals surface area (Å²) in [5.41, 5.74) is 6.79. The molecular formula is C26H23BrN4S. The first-order valence-corrected chi connectivity index (χ1v) is 11.7. The number of nitrogens with one attached hydrogen (secondary N) is 1. The van der Waals surface area contributed by atoms with Crippen molar-refractivity contribution in [2.75, 3.05) is 4.90 Å². The van der Waals surface area contributed by atoms with Gasteiger partial charge < -0.3 is 14.8 Å². The topological polar surface area (TPSA) is 33.1 Å². The maximum atomic E-state index is 5.84. The van der Waals surface area contributed by atoms with Crippen molar-refractivity contribution in [1.82, 2.24) is 14.9 Å². The second kappa shape index (κ2) is 8.52. The van der Waals surface area contributed by atoms with Crippen LogP contribution in [0.15, 0.2) is 89.5 Å². The molecule has 32 heavy (non-hydrogen) atoms. The van der Waals surface area contributed by atoms with Gasteiger partial charge in [0.1, 0.15) is 0 Å². The zero-order valence-electron chi connectivity index (χ0n) is 17.9. The maximum absolute atomic E-state index is 5.84. The fourth-order valence-corrected chi connectivity index (χ4v) is 5.37. The van der Waals surface area contributed by atoms with Crippen LogP contribution >= 0.6 is 28.1 Å². The molecule has 1 fully saturated rings. The van der Waals surface area contributed by atoms with Crippen LogP contribution in [-0.4, -0.2) is 14.7 Å². The highest BCUT2D eigenvalue weighted by atomic mass is 79.9. The lowest BCUT2D eigenvalue weighted by atomic mass is 9.96. The van der Waals surface area contributed by atoms with Crippen molar-refractivity contribution < 1.29 is 0 Å². The first kappa shape index (κ1) is 20.9. The van der Waals surface area contributed by atoms with Crippen molar-refractivity contribution in [3.8, 4) is 5.69 Å². The summed E-state index contributed by atoms with van der Waals surface area (Å²) in [7, 11) is 0. The summed E-state index contributed by atoms with van der Waals surface area (Å²) in [5.74, 6) is 0. The van der Waals surface area contributed by atoms with Crippen LogP contribution in [-0.2, 0) is 0 Å². The summed E-state index contributed by atoms with van der Waals surface area (Å²) in [6.07, 6.45) is 1.84. The molecule has 4 aromatic rings. The van der Waals surface area contributed by atoms with Crippen LogP contribution in [0, 0.1) is 13.8 Å². The normalized spacial score (nSPS) is 18.1. The number of para-hydroxylation sites is 1. The van der Waals surface area contributed by atoms with E-state index >= 15 is 0 Å². The zero-order chi connectivity index (χ0) is 22.2. The van der Waals surface area contributed by atoms with E-state index in [1.54, 1.807) is 0 Å². The number of hydrogen-bond acceptors (Lipinski definition) is 2. The molecule has 2 aromatic carbocycles. The van der Waals surface area contributed by atoms with Crippen molar-refractivity contribution >= 4 is 38.9 Å². The quantitative estimate of drug-likeness (QED) is 0.326. The second-order valence-corrected chi connectivity index (χ2v) is 9.28. The van der Waals surface area contributed by atoms with Crippen LogP contribution in [0.2, 0.25) is 0 Å². The molecule has 3 heterocycles. The van der Waals surface area contributed by atoms with Gasteiger partial charge in [-0.2, -0.15) is 0 Å². The van der Waals surface area contributed by atoms with Crippen LogP contribution in [0.3, 0.4) is 0 Å². The summed E-state index contributed by atoms with van der Waals surface area (Å²) in [6, 6.07) is 27.0. The Morgan fingerprint density at radius 1 is 0.906 bits per heavy atom. The Kier molecular flexibility index (Phi) is 5.57. The van der Waals surface area contributed by atoms with E-state index < -0.39 is 0 Å². The van der Waals surface area contributed by atoms with Gasteiger partial charge in [0.2, 0.25) is 0 Å². The van der Waals surface area contributed by atoms with Gasteiger partial charge >= 0.3 is 0 Å². The summed E-state index contributed by atoms with van der Waals surface area (Å²) >= 11 is 9.46. The molecule has 0 unspecified atom stereocenters. The highest BCUT2D eigenvalue weighted by molar-refractivity contribution is 9.10. The third-order valence-corrected chi connectivity index (χ3v) is 6.80. The van der Waals surface area contributed by atoms with Crippen LogP contribution in [0.1, 0.15) is 34.7 Å². The molecule has 6 heteroatoms. The lowest BCUT2D eigenvalue weighted by molar-refractivity contribution is 0.565. The van der Waals surface area contributed by atoms with E-state index in [0.717, 1.165) is 21.5 Å². The molecule has 0 spiro atoms. The smallest absolute Gasteiger partial charge is 0.174 e. The Balaban J connectivity index is 1.68. The Hall–Kier alpha value is -2.96. The maximum Gasteiger partial charge on any atom is 0.174 e. The molecule has 1 aliphatic heterocycles. The third kappa shape index (κ3) is 3.63. The molecule has 1 aliphatic rings. The van der Waals surface area contributed by atoms with E-state index in [2.05, 4.69) is 92.0 Å². The Labute approximate surface area is 202 Å². The number of thiocarbonyl (C=S) groups is 1. The van der Waals surface area contributed by atoms with Crippen LogP contribution < -0.4 is 10.2 Å². The number of hydrogen-bond donors (Lipinski definition) is 1. The summed E-state index contributed by atoms with van der Waals surface area (Å²) < 4.78 is 3.37. The van der Waals surface area contributed by atoms with Gasteiger partial charge in [0, 0.05) is 33.4 Å². The number of nitrogens with zero attached hydrogens (tertiary/aromatic N) is 3. The molecule has 5 rings (SSSR count). The SMILES string of the molecule is Cc1cc([C@H]2[C@@H](c3ccccn3)NC(=S)N2c2ccccc2)c(C)n1-c1cccc(Br)c1. The molecule has 0 bridgehead atoms. The minimum Gasteiger partial charge on any atom is -0.351 e. The standard InChI is InChI=1S/C26H23BrN4S/c1-17-15-22(18(2)30(17)21-12-8-9-19(27)16-21)25-24(23-13-6-7-14-28-23)29-26(32)31(25)20-10-4-3-5-11-20/h3-16,24-25H,1-2H3,(H,29,32)/t24-,25+/m1/s1. The molecule has 0 aliphatic carbocycles. The first-order valence-electron chi connectivity index (χ1n) is 10.5. The highest BCUT2D eigenvalue weighted by Gasteiger charge is 2.42. The predicted molar refractivity (Wildman–Crippen MR) is 137 cm³/mol. The molecule has 1 N–H and O–H groups in total. The van der Waals surface area contributed by atoms with Crippen molar-refractivity contribution in [3.05, 3.63) is 112 Å². The minimum absolute atomic E-state index is 0.0214. The Bertz CT molecular complexity index is 1270. The lowest BCUT2D eigenvalue weighted by Gasteiger charge is -2.28. The van der Waals surface area contributed by atoms with Crippen LogP contribution in [0.25, 0.3) is 5.69 Å². The van der Waals surface area contributed by atoms with Gasteiger partial charge in [-0.15, -0.1) is 0 Å². The summed E-state index contributed by atoms with van der Waals surface area (Å²) in [6.45, 7) is 4.34. The van der Waals surface area contributed by atoms with Crippen LogP contribution in [0.5, 0.6) is 0 Å². The monoisotopic (exact) mass is 502 g/mol. The minimum atomic E-state index is -0.0552. The third-order valence-electron chi connectivity index (χ3n) is 5.99. The van der Waals surface area contributed by atoms with E-state index in [1.807, 2.05) is 42.6 Å². The van der Waals surface area contributed by atoms with E-state index in [-0.39, 0.29) is 12.1 Å². The van der Waals surface area contributed by atoms with Gasteiger partial charge in [0.05, 0.1) is 17.8 Å². The molecule has 0 radical (unpaired) electrons. The molecule has 2 atom stereocenters. The fraction of sp³-hybridized carbons (Fsp3) is 0.154. The van der Waals surface area contributed by atoms with E-state index in [4.69, 9.17) is 12.2 Å². The van der Waals surface area contributed by atoms with Gasteiger partial charge in [-0.25, -0.2) is 0 Å². The number of pyridine rings is 1. The average Bonchev–Trinajstić information content (AvgIpc) is 3.30. The predicted octanol–water partition coefficient (Wildman–Crippen LogP) is 6.43. The largest absolute Gasteiger partial charge is 0.351 e. The molecule has 0 amide bonds. The molecule has 2 aromatic heterocycles. The molecule has 160 valence electrons. The van der Waals surface area contributed by atoms with E-state index in [9.17, 15) is 0 Å². The molecule has 4 nitrogen and oxygen atoms in total. The second-order valence-electron chi connectivity index (χ2n) is 7.97. The molecule has 1 saturated heterocycles. The van der Waals surface area contributed by atoms with Crippen LogP contribution in [0.4, 0.5) is 5.69 Å². The number of rotatable bonds is 4. The number of benzene rings is 2. The van der Waals surface area contributed by atoms with Crippen molar-refractivity contribution in [1.29, 1.82) is 0 Å².